The fourth-order valence-corrected chi connectivity index (χ4v) is 3.79. The van der Waals surface area contributed by atoms with Crippen molar-refractivity contribution in [3.63, 3.8) is 0 Å². The summed E-state index contributed by atoms with van der Waals surface area (Å²) in [5.41, 5.74) is 5.50. The summed E-state index contributed by atoms with van der Waals surface area (Å²) >= 11 is 1.82. The normalized spacial score (nSPS) is 26.3. The first-order chi connectivity index (χ1) is 9.16. The van der Waals surface area contributed by atoms with Crippen molar-refractivity contribution in [1.29, 1.82) is 0 Å². The van der Waals surface area contributed by atoms with Crippen LogP contribution in [0.3, 0.4) is 0 Å². The van der Waals surface area contributed by atoms with Crippen molar-refractivity contribution >= 4 is 17.7 Å². The fraction of sp³-hybridized carbons (Fsp3) is 0.533. The molecule has 0 amide bonds. The average molecular weight is 279 g/mol. The summed E-state index contributed by atoms with van der Waals surface area (Å²) in [5.74, 6) is 0.987. The molecule has 1 aliphatic carbocycles. The van der Waals surface area contributed by atoms with Gasteiger partial charge in [0.25, 0.3) is 0 Å². The minimum atomic E-state index is -0.758. The molecule has 0 aliphatic heterocycles. The van der Waals surface area contributed by atoms with Crippen LogP contribution >= 0.6 is 11.8 Å². The van der Waals surface area contributed by atoms with E-state index in [0.717, 1.165) is 31.4 Å². The Kier molecular flexibility index (Phi) is 4.88. The van der Waals surface area contributed by atoms with Crippen molar-refractivity contribution in [2.24, 2.45) is 11.7 Å². The van der Waals surface area contributed by atoms with Crippen LogP contribution in [0.4, 0.5) is 0 Å². The molecule has 19 heavy (non-hydrogen) atoms. The van der Waals surface area contributed by atoms with Gasteiger partial charge in [-0.25, -0.2) is 0 Å². The van der Waals surface area contributed by atoms with Gasteiger partial charge in [-0.1, -0.05) is 24.6 Å². The Morgan fingerprint density at radius 1 is 1.47 bits per heavy atom. The molecule has 3 nitrogen and oxygen atoms in total. The molecule has 0 spiro atoms. The van der Waals surface area contributed by atoms with Crippen molar-refractivity contribution in [1.82, 2.24) is 0 Å². The topological polar surface area (TPSA) is 52.3 Å². The number of thioether (sulfide) groups is 1. The molecule has 1 aromatic carbocycles. The smallest absolute Gasteiger partial charge is 0.326 e. The van der Waals surface area contributed by atoms with E-state index >= 15 is 0 Å². The first-order valence-electron chi connectivity index (χ1n) is 6.72. The Labute approximate surface area is 118 Å². The van der Waals surface area contributed by atoms with Gasteiger partial charge in [-0.3, -0.25) is 4.79 Å². The highest BCUT2D eigenvalue weighted by Crippen LogP contribution is 2.38. The van der Waals surface area contributed by atoms with E-state index in [4.69, 9.17) is 10.5 Å². The van der Waals surface area contributed by atoms with Crippen LogP contribution in [0.2, 0.25) is 0 Å². The number of esters is 1. The molecule has 1 fully saturated rings. The highest BCUT2D eigenvalue weighted by molar-refractivity contribution is 7.99. The summed E-state index contributed by atoms with van der Waals surface area (Å²) in [6.07, 6.45) is 3.76. The van der Waals surface area contributed by atoms with Gasteiger partial charge in [-0.2, -0.15) is 0 Å². The first-order valence-corrected chi connectivity index (χ1v) is 7.70. The molecule has 104 valence electrons. The number of hydrogen-bond donors (Lipinski definition) is 1. The Morgan fingerprint density at radius 3 is 2.89 bits per heavy atom. The molecule has 2 rings (SSSR count). The van der Waals surface area contributed by atoms with Gasteiger partial charge in [0, 0.05) is 4.90 Å². The van der Waals surface area contributed by atoms with Gasteiger partial charge in [0.2, 0.25) is 0 Å². The van der Waals surface area contributed by atoms with E-state index in [9.17, 15) is 4.79 Å². The Balaban J connectivity index is 1.87. The number of carbonyl (C=O) groups excluding carboxylic acids is 1. The van der Waals surface area contributed by atoms with Crippen molar-refractivity contribution < 1.29 is 9.53 Å². The lowest BCUT2D eigenvalue weighted by atomic mass is 9.86. The third-order valence-electron chi connectivity index (χ3n) is 3.92. The molecule has 2 N–H and O–H groups in total. The van der Waals surface area contributed by atoms with E-state index in [-0.39, 0.29) is 11.9 Å². The molecule has 2 unspecified atom stereocenters. The van der Waals surface area contributed by atoms with Crippen LogP contribution in [0.25, 0.3) is 0 Å². The zero-order chi connectivity index (χ0) is 13.7. The van der Waals surface area contributed by atoms with E-state index in [1.165, 1.54) is 12.0 Å². The Hall–Kier alpha value is -1.00. The van der Waals surface area contributed by atoms with Crippen molar-refractivity contribution in [2.75, 3.05) is 12.9 Å². The van der Waals surface area contributed by atoms with Gasteiger partial charge in [-0.05, 0) is 43.1 Å². The van der Waals surface area contributed by atoms with E-state index in [0.29, 0.717) is 0 Å². The number of nitrogens with two attached hydrogens (primary N) is 1. The predicted octanol–water partition coefficient (Wildman–Crippen LogP) is 2.84. The van der Waals surface area contributed by atoms with E-state index in [1.54, 1.807) is 0 Å². The second-order valence-electron chi connectivity index (χ2n) is 5.07. The summed E-state index contributed by atoms with van der Waals surface area (Å²) < 4.78 is 4.86. The zero-order valence-corrected chi connectivity index (χ0v) is 12.1. The maximum absolute atomic E-state index is 11.8. The van der Waals surface area contributed by atoms with Crippen molar-refractivity contribution in [3.05, 3.63) is 30.3 Å². The number of carbonyl (C=O) groups is 1. The number of methoxy groups -OCH3 is 1. The van der Waals surface area contributed by atoms with Crippen LogP contribution in [-0.4, -0.2) is 24.4 Å². The molecule has 0 bridgehead atoms. The second-order valence-corrected chi connectivity index (χ2v) is 6.24. The maximum Gasteiger partial charge on any atom is 0.326 e. The molecule has 2 atom stereocenters. The predicted molar refractivity (Wildman–Crippen MR) is 78.1 cm³/mol. The van der Waals surface area contributed by atoms with Gasteiger partial charge in [0.1, 0.15) is 5.54 Å². The number of hydrogen-bond acceptors (Lipinski definition) is 4. The Bertz CT molecular complexity index is 423. The standard InChI is InChI=1S/C15H21NO2S/c1-18-14(17)15(16)10-5-6-12(15)9-11-19-13-7-3-2-4-8-13/h2-4,7-8,12H,5-6,9-11,16H2,1H3. The van der Waals surface area contributed by atoms with Crippen LogP contribution in [0, 0.1) is 5.92 Å². The average Bonchev–Trinajstić information content (AvgIpc) is 2.82. The minimum Gasteiger partial charge on any atom is -0.468 e. The molecule has 0 radical (unpaired) electrons. The summed E-state index contributed by atoms with van der Waals surface area (Å²) in [5, 5.41) is 0. The summed E-state index contributed by atoms with van der Waals surface area (Å²) in [6.45, 7) is 0. The first kappa shape index (κ1) is 14.4. The molecular weight excluding hydrogens is 258 g/mol. The summed E-state index contributed by atoms with van der Waals surface area (Å²) in [7, 11) is 1.42. The number of ether oxygens (including phenoxy) is 1. The van der Waals surface area contributed by atoms with Gasteiger partial charge >= 0.3 is 5.97 Å². The third-order valence-corrected chi connectivity index (χ3v) is 4.96. The molecule has 4 heteroatoms. The van der Waals surface area contributed by atoms with E-state index < -0.39 is 5.54 Å². The van der Waals surface area contributed by atoms with Crippen LogP contribution < -0.4 is 5.73 Å². The highest BCUT2D eigenvalue weighted by atomic mass is 32.2. The SMILES string of the molecule is COC(=O)C1(N)CCCC1CCSc1ccccc1. The monoisotopic (exact) mass is 279 g/mol. The van der Waals surface area contributed by atoms with E-state index in [2.05, 4.69) is 12.1 Å². The van der Waals surface area contributed by atoms with Crippen molar-refractivity contribution in [3.8, 4) is 0 Å². The van der Waals surface area contributed by atoms with Gasteiger partial charge in [-0.15, -0.1) is 11.8 Å². The van der Waals surface area contributed by atoms with Crippen LogP contribution in [0.5, 0.6) is 0 Å². The number of benzene rings is 1. The largest absolute Gasteiger partial charge is 0.468 e. The lowest BCUT2D eigenvalue weighted by molar-refractivity contribution is -0.148. The second kappa shape index (κ2) is 6.44. The summed E-state index contributed by atoms with van der Waals surface area (Å²) in [6, 6.07) is 10.3. The van der Waals surface area contributed by atoms with Crippen LogP contribution in [0.15, 0.2) is 35.2 Å². The molecule has 1 saturated carbocycles. The maximum atomic E-state index is 11.8. The van der Waals surface area contributed by atoms with Crippen LogP contribution in [0.1, 0.15) is 25.7 Å². The highest BCUT2D eigenvalue weighted by Gasteiger charge is 2.46. The number of rotatable bonds is 5. The molecule has 1 aromatic rings. The zero-order valence-electron chi connectivity index (χ0n) is 11.3. The Morgan fingerprint density at radius 2 is 2.21 bits per heavy atom. The van der Waals surface area contributed by atoms with E-state index in [1.807, 2.05) is 30.0 Å². The molecular formula is C15H21NO2S. The minimum absolute atomic E-state index is 0.246. The molecule has 0 aromatic heterocycles. The fourth-order valence-electron chi connectivity index (χ4n) is 2.80. The van der Waals surface area contributed by atoms with Gasteiger partial charge in [0.05, 0.1) is 7.11 Å². The van der Waals surface area contributed by atoms with Gasteiger partial charge in [0.15, 0.2) is 0 Å². The molecule has 0 saturated heterocycles. The van der Waals surface area contributed by atoms with Crippen molar-refractivity contribution in [2.45, 2.75) is 36.1 Å². The van der Waals surface area contributed by atoms with Crippen LogP contribution in [-0.2, 0) is 9.53 Å². The quantitative estimate of drug-likeness (QED) is 0.665. The summed E-state index contributed by atoms with van der Waals surface area (Å²) in [4.78, 5) is 13.1. The van der Waals surface area contributed by atoms with Gasteiger partial charge < -0.3 is 10.5 Å². The lowest BCUT2D eigenvalue weighted by Gasteiger charge is -2.28. The lowest BCUT2D eigenvalue weighted by Crippen LogP contribution is -2.51. The molecule has 1 aliphatic rings. The third kappa shape index (κ3) is 3.31. The molecule has 0 heterocycles.